The Labute approximate surface area is 99.8 Å². The number of carboxylic acid groups (broad SMARTS) is 1. The fraction of sp³-hybridized carbons (Fsp3) is 0.231. The predicted molar refractivity (Wildman–Crippen MR) is 63.7 cm³/mol. The average Bonchev–Trinajstić information content (AvgIpc) is 2.27. The molecule has 1 aromatic rings. The second kappa shape index (κ2) is 5.17. The first kappa shape index (κ1) is 12.8. The minimum absolute atomic E-state index is 0.277. The summed E-state index contributed by atoms with van der Waals surface area (Å²) in [4.78, 5) is 10.8. The van der Waals surface area contributed by atoms with Gasteiger partial charge in [-0.25, -0.2) is 4.79 Å². The Bertz CT molecular complexity index is 501. The summed E-state index contributed by atoms with van der Waals surface area (Å²) in [6, 6.07) is 5.27. The molecule has 1 N–H and O–H groups in total. The van der Waals surface area contributed by atoms with Crippen LogP contribution in [-0.2, 0) is 4.79 Å². The lowest BCUT2D eigenvalue weighted by Crippen LogP contribution is -1.99. The van der Waals surface area contributed by atoms with Gasteiger partial charge in [-0.05, 0) is 48.7 Å². The molecule has 4 heteroatoms. The molecular weight excluding hydrogens is 218 g/mol. The third-order valence-corrected chi connectivity index (χ3v) is 2.44. The van der Waals surface area contributed by atoms with Crippen molar-refractivity contribution in [2.45, 2.75) is 13.8 Å². The first-order chi connectivity index (χ1) is 7.99. The highest BCUT2D eigenvalue weighted by Crippen LogP contribution is 2.23. The Kier molecular flexibility index (Phi) is 3.89. The Morgan fingerprint density at radius 2 is 1.94 bits per heavy atom. The van der Waals surface area contributed by atoms with E-state index in [-0.39, 0.29) is 5.57 Å². The number of carboxylic acids is 1. The second-order valence-electron chi connectivity index (χ2n) is 3.65. The maximum absolute atomic E-state index is 10.8. The van der Waals surface area contributed by atoms with Crippen LogP contribution in [0.2, 0.25) is 0 Å². The molecule has 0 aliphatic carbocycles. The molecule has 1 aromatic carbocycles. The Morgan fingerprint density at radius 3 is 2.29 bits per heavy atom. The molecule has 0 fully saturated rings. The van der Waals surface area contributed by atoms with E-state index < -0.39 is 5.97 Å². The van der Waals surface area contributed by atoms with Crippen LogP contribution >= 0.6 is 0 Å². The third kappa shape index (κ3) is 2.85. The van der Waals surface area contributed by atoms with Crippen molar-refractivity contribution in [1.82, 2.24) is 0 Å². The Balaban J connectivity index is 3.34. The van der Waals surface area contributed by atoms with Gasteiger partial charge in [-0.2, -0.15) is 5.26 Å². The van der Waals surface area contributed by atoms with E-state index in [0.29, 0.717) is 5.75 Å². The van der Waals surface area contributed by atoms with Gasteiger partial charge in [0.2, 0.25) is 0 Å². The van der Waals surface area contributed by atoms with E-state index in [1.165, 1.54) is 6.08 Å². The van der Waals surface area contributed by atoms with Gasteiger partial charge in [0.1, 0.15) is 17.4 Å². The van der Waals surface area contributed by atoms with E-state index in [1.807, 2.05) is 13.8 Å². The van der Waals surface area contributed by atoms with Crippen LogP contribution in [0.15, 0.2) is 17.7 Å². The number of hydrogen-bond donors (Lipinski definition) is 1. The number of nitriles is 1. The van der Waals surface area contributed by atoms with Crippen molar-refractivity contribution in [2.75, 3.05) is 7.11 Å². The zero-order valence-corrected chi connectivity index (χ0v) is 9.94. The van der Waals surface area contributed by atoms with Gasteiger partial charge in [0.15, 0.2) is 0 Å². The van der Waals surface area contributed by atoms with E-state index in [9.17, 15) is 4.79 Å². The van der Waals surface area contributed by atoms with Crippen molar-refractivity contribution in [3.05, 3.63) is 34.4 Å². The van der Waals surface area contributed by atoms with Gasteiger partial charge in [0, 0.05) is 0 Å². The van der Waals surface area contributed by atoms with Crippen molar-refractivity contribution in [2.24, 2.45) is 0 Å². The highest BCUT2D eigenvalue weighted by atomic mass is 16.5. The van der Waals surface area contributed by atoms with Gasteiger partial charge in [0.25, 0.3) is 0 Å². The summed E-state index contributed by atoms with van der Waals surface area (Å²) in [5.74, 6) is -0.506. The normalized spacial score (nSPS) is 10.8. The molecule has 0 saturated carbocycles. The largest absolute Gasteiger partial charge is 0.497 e. The van der Waals surface area contributed by atoms with Crippen molar-refractivity contribution < 1.29 is 14.6 Å². The standard InChI is InChI=1S/C13H13NO3/c1-8-4-11(17-3)5-9(2)12(8)6-10(7-14)13(15)16/h4-6H,1-3H3,(H,15,16). The van der Waals surface area contributed by atoms with Crippen LogP contribution in [0.3, 0.4) is 0 Å². The number of aryl methyl sites for hydroxylation is 2. The highest BCUT2D eigenvalue weighted by Gasteiger charge is 2.09. The summed E-state index contributed by atoms with van der Waals surface area (Å²) in [6.45, 7) is 3.69. The summed E-state index contributed by atoms with van der Waals surface area (Å²) >= 11 is 0. The lowest BCUT2D eigenvalue weighted by Gasteiger charge is -2.08. The average molecular weight is 231 g/mol. The van der Waals surface area contributed by atoms with Crippen LogP contribution in [0.5, 0.6) is 5.75 Å². The number of hydrogen-bond acceptors (Lipinski definition) is 3. The molecule has 17 heavy (non-hydrogen) atoms. The van der Waals surface area contributed by atoms with Gasteiger partial charge in [-0.1, -0.05) is 0 Å². The number of carbonyl (C=O) groups is 1. The number of nitrogens with zero attached hydrogens (tertiary/aromatic N) is 1. The summed E-state index contributed by atoms with van der Waals surface area (Å²) in [5, 5.41) is 17.5. The SMILES string of the molecule is COc1cc(C)c(C=C(C#N)C(=O)O)c(C)c1. The molecule has 1 rings (SSSR count). The summed E-state index contributed by atoms with van der Waals surface area (Å²) in [5.41, 5.74) is 2.21. The minimum Gasteiger partial charge on any atom is -0.497 e. The zero-order chi connectivity index (χ0) is 13.0. The quantitative estimate of drug-likeness (QED) is 0.640. The van der Waals surface area contributed by atoms with Crippen LogP contribution in [0.4, 0.5) is 0 Å². The molecule has 0 aliphatic rings. The lowest BCUT2D eigenvalue weighted by atomic mass is 10.00. The number of aliphatic carboxylic acids is 1. The van der Waals surface area contributed by atoms with Crippen molar-refractivity contribution in [3.8, 4) is 11.8 Å². The van der Waals surface area contributed by atoms with Gasteiger partial charge in [0.05, 0.1) is 7.11 Å². The van der Waals surface area contributed by atoms with E-state index in [1.54, 1.807) is 25.3 Å². The van der Waals surface area contributed by atoms with Crippen molar-refractivity contribution in [3.63, 3.8) is 0 Å². The van der Waals surface area contributed by atoms with Gasteiger partial charge in [-0.15, -0.1) is 0 Å². The summed E-state index contributed by atoms with van der Waals surface area (Å²) < 4.78 is 5.11. The molecular formula is C13H13NO3. The Morgan fingerprint density at radius 1 is 1.41 bits per heavy atom. The maximum Gasteiger partial charge on any atom is 0.346 e. The fourth-order valence-corrected chi connectivity index (χ4v) is 1.57. The van der Waals surface area contributed by atoms with Gasteiger partial charge in [-0.3, -0.25) is 0 Å². The minimum atomic E-state index is -1.22. The molecule has 0 radical (unpaired) electrons. The van der Waals surface area contributed by atoms with Crippen LogP contribution in [-0.4, -0.2) is 18.2 Å². The zero-order valence-electron chi connectivity index (χ0n) is 9.94. The van der Waals surface area contributed by atoms with Gasteiger partial charge >= 0.3 is 5.97 Å². The number of methoxy groups -OCH3 is 1. The van der Waals surface area contributed by atoms with Gasteiger partial charge < -0.3 is 9.84 Å². The van der Waals surface area contributed by atoms with E-state index in [0.717, 1.165) is 16.7 Å². The third-order valence-electron chi connectivity index (χ3n) is 2.44. The smallest absolute Gasteiger partial charge is 0.346 e. The van der Waals surface area contributed by atoms with Crippen LogP contribution in [0.1, 0.15) is 16.7 Å². The first-order valence-corrected chi connectivity index (χ1v) is 5.00. The monoisotopic (exact) mass is 231 g/mol. The molecule has 0 heterocycles. The van der Waals surface area contributed by atoms with Crippen molar-refractivity contribution in [1.29, 1.82) is 5.26 Å². The molecule has 4 nitrogen and oxygen atoms in total. The second-order valence-corrected chi connectivity index (χ2v) is 3.65. The molecule has 0 bridgehead atoms. The lowest BCUT2D eigenvalue weighted by molar-refractivity contribution is -0.132. The Hall–Kier alpha value is -2.28. The van der Waals surface area contributed by atoms with E-state index in [2.05, 4.69) is 0 Å². The number of benzene rings is 1. The van der Waals surface area contributed by atoms with Crippen LogP contribution < -0.4 is 4.74 Å². The van der Waals surface area contributed by atoms with E-state index >= 15 is 0 Å². The highest BCUT2D eigenvalue weighted by molar-refractivity contribution is 5.96. The molecule has 0 unspecified atom stereocenters. The molecule has 0 atom stereocenters. The van der Waals surface area contributed by atoms with Crippen LogP contribution in [0.25, 0.3) is 6.08 Å². The van der Waals surface area contributed by atoms with Crippen LogP contribution in [0, 0.1) is 25.2 Å². The number of ether oxygens (including phenoxy) is 1. The molecule has 88 valence electrons. The number of rotatable bonds is 3. The van der Waals surface area contributed by atoms with Crippen molar-refractivity contribution >= 4 is 12.0 Å². The fourth-order valence-electron chi connectivity index (χ4n) is 1.57. The predicted octanol–water partition coefficient (Wildman–Crippen LogP) is 2.30. The summed E-state index contributed by atoms with van der Waals surface area (Å²) in [6.07, 6.45) is 1.38. The summed E-state index contributed by atoms with van der Waals surface area (Å²) in [7, 11) is 1.57. The maximum atomic E-state index is 10.8. The molecule has 0 amide bonds. The first-order valence-electron chi connectivity index (χ1n) is 5.00. The van der Waals surface area contributed by atoms with E-state index in [4.69, 9.17) is 15.1 Å². The molecule has 0 aromatic heterocycles. The molecule has 0 saturated heterocycles. The topological polar surface area (TPSA) is 70.3 Å². The molecule has 0 aliphatic heterocycles. The molecule has 0 spiro atoms.